The summed E-state index contributed by atoms with van der Waals surface area (Å²) in [5.41, 5.74) is 4.80. The molecule has 3 rings (SSSR count). The van der Waals surface area contributed by atoms with Gasteiger partial charge in [-0.25, -0.2) is 0 Å². The van der Waals surface area contributed by atoms with E-state index in [2.05, 4.69) is 15.4 Å². The number of carbonyl (C=O) groups excluding carboxylic acids is 1. The Hall–Kier alpha value is -2.95. The third-order valence-electron chi connectivity index (χ3n) is 3.87. The molecule has 0 aliphatic carbocycles. The lowest BCUT2D eigenvalue weighted by Crippen LogP contribution is -2.28. The Morgan fingerprint density at radius 2 is 1.92 bits per heavy atom. The Balaban J connectivity index is 1.57. The zero-order valence-electron chi connectivity index (χ0n) is 13.9. The standard InChI is InChI=1S/C19H20N4O/c1-14-3-4-17(15(2)13-14)19(24)21-10-12-23-11-7-18(22-23)16-5-8-20-9-6-16/h3-9,11,13H,10,12H2,1-2H3,(H,21,24). The molecule has 1 N–H and O–H groups in total. The molecule has 2 heterocycles. The van der Waals surface area contributed by atoms with Gasteiger partial charge in [-0.1, -0.05) is 17.7 Å². The molecule has 0 unspecified atom stereocenters. The molecule has 0 bridgehead atoms. The molecule has 1 amide bonds. The van der Waals surface area contributed by atoms with Gasteiger partial charge in [-0.2, -0.15) is 5.10 Å². The summed E-state index contributed by atoms with van der Waals surface area (Å²) < 4.78 is 1.83. The van der Waals surface area contributed by atoms with Crippen molar-refractivity contribution in [3.8, 4) is 11.3 Å². The maximum atomic E-state index is 12.2. The molecule has 5 heteroatoms. The summed E-state index contributed by atoms with van der Waals surface area (Å²) in [5, 5.41) is 7.46. The molecule has 5 nitrogen and oxygen atoms in total. The van der Waals surface area contributed by atoms with Crippen molar-refractivity contribution in [3.05, 3.63) is 71.7 Å². The van der Waals surface area contributed by atoms with Gasteiger partial charge in [-0.05, 0) is 43.7 Å². The number of pyridine rings is 1. The van der Waals surface area contributed by atoms with Crippen LogP contribution < -0.4 is 5.32 Å². The van der Waals surface area contributed by atoms with Crippen molar-refractivity contribution >= 4 is 5.91 Å². The summed E-state index contributed by atoms with van der Waals surface area (Å²) in [6, 6.07) is 11.7. The number of nitrogens with one attached hydrogen (secondary N) is 1. The van der Waals surface area contributed by atoms with Gasteiger partial charge in [-0.15, -0.1) is 0 Å². The fourth-order valence-electron chi connectivity index (χ4n) is 2.61. The molecule has 0 aliphatic heterocycles. The lowest BCUT2D eigenvalue weighted by Gasteiger charge is -2.08. The predicted octanol–water partition coefficient (Wildman–Crippen LogP) is 2.99. The van der Waals surface area contributed by atoms with E-state index in [4.69, 9.17) is 0 Å². The number of aryl methyl sites for hydroxylation is 2. The lowest BCUT2D eigenvalue weighted by molar-refractivity contribution is 0.0951. The second kappa shape index (κ2) is 7.08. The van der Waals surface area contributed by atoms with Gasteiger partial charge in [-0.3, -0.25) is 14.5 Å². The first-order valence-electron chi connectivity index (χ1n) is 7.93. The van der Waals surface area contributed by atoms with Crippen LogP contribution in [0.4, 0.5) is 0 Å². The zero-order valence-corrected chi connectivity index (χ0v) is 13.9. The Morgan fingerprint density at radius 3 is 2.67 bits per heavy atom. The van der Waals surface area contributed by atoms with Crippen LogP contribution in [0.3, 0.4) is 0 Å². The molecule has 122 valence electrons. The molecular formula is C19H20N4O. The van der Waals surface area contributed by atoms with E-state index in [-0.39, 0.29) is 5.91 Å². The normalized spacial score (nSPS) is 10.6. The van der Waals surface area contributed by atoms with Gasteiger partial charge in [0.25, 0.3) is 5.91 Å². The molecule has 0 saturated heterocycles. The number of aromatic nitrogens is 3. The quantitative estimate of drug-likeness (QED) is 0.786. The van der Waals surface area contributed by atoms with E-state index in [1.165, 1.54) is 0 Å². The van der Waals surface area contributed by atoms with Crippen molar-refractivity contribution < 1.29 is 4.79 Å². The summed E-state index contributed by atoms with van der Waals surface area (Å²) >= 11 is 0. The van der Waals surface area contributed by atoms with E-state index in [0.29, 0.717) is 13.1 Å². The number of hydrogen-bond donors (Lipinski definition) is 1. The van der Waals surface area contributed by atoms with Crippen LogP contribution in [-0.2, 0) is 6.54 Å². The molecule has 0 spiro atoms. The highest BCUT2D eigenvalue weighted by atomic mass is 16.1. The monoisotopic (exact) mass is 320 g/mol. The van der Waals surface area contributed by atoms with Crippen LogP contribution in [0.2, 0.25) is 0 Å². The second-order valence-corrected chi connectivity index (χ2v) is 5.77. The molecular weight excluding hydrogens is 300 g/mol. The zero-order chi connectivity index (χ0) is 16.9. The predicted molar refractivity (Wildman–Crippen MR) is 93.7 cm³/mol. The Kier molecular flexibility index (Phi) is 4.70. The third kappa shape index (κ3) is 3.68. The Bertz CT molecular complexity index is 840. The average molecular weight is 320 g/mol. The van der Waals surface area contributed by atoms with E-state index in [1.54, 1.807) is 12.4 Å². The first-order valence-corrected chi connectivity index (χ1v) is 7.93. The largest absolute Gasteiger partial charge is 0.350 e. The van der Waals surface area contributed by atoms with E-state index in [0.717, 1.165) is 27.9 Å². The van der Waals surface area contributed by atoms with Gasteiger partial charge in [0.05, 0.1) is 12.2 Å². The van der Waals surface area contributed by atoms with Gasteiger partial charge < -0.3 is 5.32 Å². The smallest absolute Gasteiger partial charge is 0.251 e. The van der Waals surface area contributed by atoms with Gasteiger partial charge in [0.15, 0.2) is 0 Å². The summed E-state index contributed by atoms with van der Waals surface area (Å²) in [4.78, 5) is 16.3. The second-order valence-electron chi connectivity index (χ2n) is 5.77. The minimum absolute atomic E-state index is 0.0472. The average Bonchev–Trinajstić information content (AvgIpc) is 3.04. The summed E-state index contributed by atoms with van der Waals surface area (Å²) in [6.07, 6.45) is 5.41. The molecule has 0 fully saturated rings. The summed E-state index contributed by atoms with van der Waals surface area (Å²) in [6.45, 7) is 5.13. The topological polar surface area (TPSA) is 59.8 Å². The lowest BCUT2D eigenvalue weighted by atomic mass is 10.1. The number of carbonyl (C=O) groups is 1. The Labute approximate surface area is 141 Å². The molecule has 0 radical (unpaired) electrons. The first kappa shape index (κ1) is 15.9. The minimum atomic E-state index is -0.0472. The van der Waals surface area contributed by atoms with E-state index >= 15 is 0 Å². The number of amides is 1. The number of nitrogens with zero attached hydrogens (tertiary/aromatic N) is 3. The molecule has 3 aromatic rings. The molecule has 0 saturated carbocycles. The number of benzene rings is 1. The van der Waals surface area contributed by atoms with Crippen molar-refractivity contribution in [1.29, 1.82) is 0 Å². The molecule has 0 aliphatic rings. The van der Waals surface area contributed by atoms with Crippen LogP contribution in [0.25, 0.3) is 11.3 Å². The summed E-state index contributed by atoms with van der Waals surface area (Å²) in [7, 11) is 0. The van der Waals surface area contributed by atoms with Crippen LogP contribution in [0, 0.1) is 13.8 Å². The molecule has 2 aromatic heterocycles. The van der Waals surface area contributed by atoms with Crippen LogP contribution in [0.5, 0.6) is 0 Å². The first-order chi connectivity index (χ1) is 11.6. The third-order valence-corrected chi connectivity index (χ3v) is 3.87. The van der Waals surface area contributed by atoms with Crippen LogP contribution in [-0.4, -0.2) is 27.2 Å². The molecule has 0 atom stereocenters. The number of hydrogen-bond acceptors (Lipinski definition) is 3. The van der Waals surface area contributed by atoms with Crippen LogP contribution in [0.15, 0.2) is 55.0 Å². The van der Waals surface area contributed by atoms with Crippen molar-refractivity contribution in [2.75, 3.05) is 6.54 Å². The SMILES string of the molecule is Cc1ccc(C(=O)NCCn2ccc(-c3ccncc3)n2)c(C)c1. The van der Waals surface area contributed by atoms with Crippen molar-refractivity contribution in [2.24, 2.45) is 0 Å². The number of rotatable bonds is 5. The van der Waals surface area contributed by atoms with Crippen LogP contribution >= 0.6 is 0 Å². The fraction of sp³-hybridized carbons (Fsp3) is 0.211. The molecule has 1 aromatic carbocycles. The molecule has 24 heavy (non-hydrogen) atoms. The summed E-state index contributed by atoms with van der Waals surface area (Å²) in [5.74, 6) is -0.0472. The highest BCUT2D eigenvalue weighted by Gasteiger charge is 2.08. The van der Waals surface area contributed by atoms with E-state index < -0.39 is 0 Å². The highest BCUT2D eigenvalue weighted by molar-refractivity contribution is 5.95. The highest BCUT2D eigenvalue weighted by Crippen LogP contribution is 2.15. The van der Waals surface area contributed by atoms with Crippen molar-refractivity contribution in [2.45, 2.75) is 20.4 Å². The fourth-order valence-corrected chi connectivity index (χ4v) is 2.61. The van der Waals surface area contributed by atoms with E-state index in [9.17, 15) is 4.79 Å². The van der Waals surface area contributed by atoms with Gasteiger partial charge >= 0.3 is 0 Å². The van der Waals surface area contributed by atoms with Crippen molar-refractivity contribution in [1.82, 2.24) is 20.1 Å². The maximum Gasteiger partial charge on any atom is 0.251 e. The van der Waals surface area contributed by atoms with Gasteiger partial charge in [0, 0.05) is 36.3 Å². The maximum absolute atomic E-state index is 12.2. The van der Waals surface area contributed by atoms with Crippen molar-refractivity contribution in [3.63, 3.8) is 0 Å². The van der Waals surface area contributed by atoms with Gasteiger partial charge in [0.2, 0.25) is 0 Å². The Morgan fingerprint density at radius 1 is 1.12 bits per heavy atom. The van der Waals surface area contributed by atoms with Gasteiger partial charge in [0.1, 0.15) is 0 Å². The van der Waals surface area contributed by atoms with Crippen LogP contribution in [0.1, 0.15) is 21.5 Å². The minimum Gasteiger partial charge on any atom is -0.350 e. The van der Waals surface area contributed by atoms with E-state index in [1.807, 2.05) is 61.1 Å².